The van der Waals surface area contributed by atoms with E-state index in [0.29, 0.717) is 17.8 Å². The zero-order chi connectivity index (χ0) is 15.7. The largest absolute Gasteiger partial charge is 0.303 e. The fourth-order valence-electron chi connectivity index (χ4n) is 2.53. The van der Waals surface area contributed by atoms with Crippen molar-refractivity contribution in [1.82, 2.24) is 19.6 Å². The fourth-order valence-corrected chi connectivity index (χ4v) is 2.93. The lowest BCUT2D eigenvalue weighted by Crippen LogP contribution is -2.15. The van der Waals surface area contributed by atoms with Crippen LogP contribution >= 0.6 is 15.9 Å². The van der Waals surface area contributed by atoms with Gasteiger partial charge < -0.3 is 4.98 Å². The molecule has 5 nitrogen and oxygen atoms in total. The predicted octanol–water partition coefficient (Wildman–Crippen LogP) is 3.36. The van der Waals surface area contributed by atoms with Crippen LogP contribution in [0.15, 0.2) is 33.5 Å². The molecule has 0 saturated carbocycles. The molecule has 0 amide bonds. The minimum absolute atomic E-state index is 0.142. The van der Waals surface area contributed by atoms with Crippen molar-refractivity contribution in [3.8, 4) is 11.4 Å². The molecule has 3 aromatic rings. The minimum atomic E-state index is -0.142. The molecule has 6 heteroatoms. The number of imidazole rings is 1. The number of nitrogens with zero attached hydrogens (tertiary/aromatic N) is 3. The molecule has 0 aliphatic rings. The number of hydrogen-bond donors (Lipinski definition) is 1. The molecular weight excluding hydrogens is 344 g/mol. The molecule has 2 aromatic heterocycles. The van der Waals surface area contributed by atoms with E-state index in [0.717, 1.165) is 34.4 Å². The topological polar surface area (TPSA) is 63.0 Å². The van der Waals surface area contributed by atoms with Crippen molar-refractivity contribution >= 4 is 21.4 Å². The van der Waals surface area contributed by atoms with Gasteiger partial charge in [-0.1, -0.05) is 41.9 Å². The van der Waals surface area contributed by atoms with Crippen LogP contribution in [0.5, 0.6) is 0 Å². The number of aryl methyl sites for hydroxylation is 2. The van der Waals surface area contributed by atoms with Gasteiger partial charge in [0, 0.05) is 16.5 Å². The number of aromatic amines is 1. The van der Waals surface area contributed by atoms with E-state index in [1.807, 2.05) is 31.2 Å². The predicted molar refractivity (Wildman–Crippen MR) is 90.1 cm³/mol. The van der Waals surface area contributed by atoms with E-state index in [2.05, 4.69) is 37.9 Å². The molecule has 0 radical (unpaired) electrons. The fraction of sp³-hybridized carbons (Fsp3) is 0.312. The highest BCUT2D eigenvalue weighted by Crippen LogP contribution is 2.20. The van der Waals surface area contributed by atoms with Crippen molar-refractivity contribution in [2.24, 2.45) is 0 Å². The van der Waals surface area contributed by atoms with Crippen LogP contribution in [0.4, 0.5) is 0 Å². The number of rotatable bonds is 4. The molecule has 0 bridgehead atoms. The summed E-state index contributed by atoms with van der Waals surface area (Å²) >= 11 is 3.44. The van der Waals surface area contributed by atoms with Crippen molar-refractivity contribution in [3.63, 3.8) is 0 Å². The van der Waals surface area contributed by atoms with Crippen LogP contribution < -0.4 is 5.56 Å². The molecule has 0 saturated heterocycles. The summed E-state index contributed by atoms with van der Waals surface area (Å²) in [5.74, 6) is 1.40. The summed E-state index contributed by atoms with van der Waals surface area (Å²) in [4.78, 5) is 19.9. The van der Waals surface area contributed by atoms with Gasteiger partial charge in [-0.25, -0.2) is 9.50 Å². The lowest BCUT2D eigenvalue weighted by molar-refractivity contribution is 0.765. The number of benzene rings is 1. The maximum absolute atomic E-state index is 12.5. The second-order valence-corrected chi connectivity index (χ2v) is 6.07. The number of halogens is 1. The Balaban J connectivity index is 2.27. The second-order valence-electron chi connectivity index (χ2n) is 5.15. The summed E-state index contributed by atoms with van der Waals surface area (Å²) in [6.45, 7) is 4.09. The molecule has 1 aromatic carbocycles. The zero-order valence-electron chi connectivity index (χ0n) is 12.6. The Bertz CT molecular complexity index is 881. The summed E-state index contributed by atoms with van der Waals surface area (Å²) in [7, 11) is 0. The third kappa shape index (κ3) is 2.59. The number of aromatic nitrogens is 4. The Morgan fingerprint density at radius 1 is 1.32 bits per heavy atom. The number of hydrogen-bond acceptors (Lipinski definition) is 3. The van der Waals surface area contributed by atoms with Gasteiger partial charge in [0.1, 0.15) is 5.82 Å². The maximum Gasteiger partial charge on any atom is 0.277 e. The molecule has 0 atom stereocenters. The third-order valence-electron chi connectivity index (χ3n) is 3.55. The SMILES string of the molecule is CCCc1nc(CC)c2c(=O)[nH]c(-c3cccc(Br)c3)nn12. The van der Waals surface area contributed by atoms with Gasteiger partial charge in [0.15, 0.2) is 11.3 Å². The number of fused-ring (bicyclic) bond motifs is 1. The lowest BCUT2D eigenvalue weighted by atomic mass is 10.2. The Morgan fingerprint density at radius 3 is 2.82 bits per heavy atom. The number of nitrogens with one attached hydrogen (secondary N) is 1. The highest BCUT2D eigenvalue weighted by molar-refractivity contribution is 9.10. The van der Waals surface area contributed by atoms with Gasteiger partial charge in [-0.2, -0.15) is 0 Å². The monoisotopic (exact) mass is 360 g/mol. The summed E-state index contributed by atoms with van der Waals surface area (Å²) in [5.41, 5.74) is 2.09. The van der Waals surface area contributed by atoms with Crippen molar-refractivity contribution < 1.29 is 0 Å². The standard InChI is InChI=1S/C16H17BrN4O/c1-3-6-13-18-12(4-2)14-16(22)19-15(20-21(13)14)10-7-5-8-11(17)9-10/h5,7-9H,3-4,6H2,1-2H3,(H,19,20,22). The van der Waals surface area contributed by atoms with Crippen LogP contribution in [0, 0.1) is 0 Å². The maximum atomic E-state index is 12.5. The first-order valence-corrected chi connectivity index (χ1v) is 8.20. The molecule has 3 rings (SSSR count). The van der Waals surface area contributed by atoms with E-state index >= 15 is 0 Å². The lowest BCUT2D eigenvalue weighted by Gasteiger charge is -2.04. The van der Waals surface area contributed by atoms with Gasteiger partial charge >= 0.3 is 0 Å². The Labute approximate surface area is 136 Å². The average Bonchev–Trinajstić information content (AvgIpc) is 2.86. The van der Waals surface area contributed by atoms with Crippen LogP contribution in [-0.4, -0.2) is 19.6 Å². The van der Waals surface area contributed by atoms with Gasteiger partial charge in [0.2, 0.25) is 0 Å². The quantitative estimate of drug-likeness (QED) is 0.775. The molecule has 114 valence electrons. The van der Waals surface area contributed by atoms with Crippen molar-refractivity contribution in [2.45, 2.75) is 33.1 Å². The van der Waals surface area contributed by atoms with Crippen LogP contribution in [0.2, 0.25) is 0 Å². The van der Waals surface area contributed by atoms with E-state index in [1.54, 1.807) is 4.52 Å². The second kappa shape index (κ2) is 6.04. The highest BCUT2D eigenvalue weighted by atomic mass is 79.9. The first-order valence-electron chi connectivity index (χ1n) is 7.40. The minimum Gasteiger partial charge on any atom is -0.303 e. The normalized spacial score (nSPS) is 11.2. The van der Waals surface area contributed by atoms with E-state index in [4.69, 9.17) is 0 Å². The van der Waals surface area contributed by atoms with Gasteiger partial charge in [-0.3, -0.25) is 4.79 Å². The van der Waals surface area contributed by atoms with Crippen LogP contribution in [0.25, 0.3) is 16.9 Å². The summed E-state index contributed by atoms with van der Waals surface area (Å²) < 4.78 is 2.65. The van der Waals surface area contributed by atoms with Gasteiger partial charge in [-0.05, 0) is 25.0 Å². The Kier molecular flexibility index (Phi) is 4.11. The Hall–Kier alpha value is -1.95. The van der Waals surface area contributed by atoms with E-state index < -0.39 is 0 Å². The van der Waals surface area contributed by atoms with Gasteiger partial charge in [0.25, 0.3) is 5.56 Å². The van der Waals surface area contributed by atoms with Crippen LogP contribution in [0.3, 0.4) is 0 Å². The van der Waals surface area contributed by atoms with Crippen molar-refractivity contribution in [1.29, 1.82) is 0 Å². The molecule has 22 heavy (non-hydrogen) atoms. The summed E-state index contributed by atoms with van der Waals surface area (Å²) in [6, 6.07) is 7.71. The van der Waals surface area contributed by atoms with E-state index in [-0.39, 0.29) is 5.56 Å². The van der Waals surface area contributed by atoms with Crippen LogP contribution in [0.1, 0.15) is 31.8 Å². The Morgan fingerprint density at radius 2 is 2.14 bits per heavy atom. The van der Waals surface area contributed by atoms with Crippen LogP contribution in [-0.2, 0) is 12.8 Å². The molecular formula is C16H17BrN4O. The first-order chi connectivity index (χ1) is 10.6. The molecule has 2 heterocycles. The molecule has 0 aliphatic carbocycles. The average molecular weight is 361 g/mol. The van der Waals surface area contributed by atoms with Gasteiger partial charge in [0.05, 0.1) is 5.69 Å². The van der Waals surface area contributed by atoms with E-state index in [9.17, 15) is 4.79 Å². The van der Waals surface area contributed by atoms with Gasteiger partial charge in [-0.15, -0.1) is 5.10 Å². The smallest absolute Gasteiger partial charge is 0.277 e. The summed E-state index contributed by atoms with van der Waals surface area (Å²) in [6.07, 6.45) is 2.48. The third-order valence-corrected chi connectivity index (χ3v) is 4.04. The highest BCUT2D eigenvalue weighted by Gasteiger charge is 2.15. The summed E-state index contributed by atoms with van der Waals surface area (Å²) in [5, 5.41) is 4.61. The zero-order valence-corrected chi connectivity index (χ0v) is 14.1. The molecule has 0 unspecified atom stereocenters. The van der Waals surface area contributed by atoms with Crippen molar-refractivity contribution in [2.75, 3.05) is 0 Å². The first kappa shape index (κ1) is 15.0. The molecule has 1 N–H and O–H groups in total. The molecule has 0 fully saturated rings. The van der Waals surface area contributed by atoms with E-state index in [1.165, 1.54) is 0 Å². The van der Waals surface area contributed by atoms with Crippen molar-refractivity contribution in [3.05, 3.63) is 50.6 Å². The number of H-pyrrole nitrogens is 1. The molecule has 0 aliphatic heterocycles. The molecule has 0 spiro atoms.